The van der Waals surface area contributed by atoms with E-state index >= 15 is 0 Å². The van der Waals surface area contributed by atoms with Crippen LogP contribution in [0.4, 0.5) is 0 Å². The van der Waals surface area contributed by atoms with Gasteiger partial charge >= 0.3 is 0 Å². The molecule has 0 bridgehead atoms. The molecule has 2 heterocycles. The summed E-state index contributed by atoms with van der Waals surface area (Å²) in [4.78, 5) is 4.17. The van der Waals surface area contributed by atoms with Gasteiger partial charge in [-0.3, -0.25) is 0 Å². The molecule has 3 unspecified atom stereocenters. The van der Waals surface area contributed by atoms with Crippen LogP contribution in [0.2, 0.25) is 0 Å². The summed E-state index contributed by atoms with van der Waals surface area (Å²) in [5.74, 6) is 0.711. The Labute approximate surface area is 109 Å². The quantitative estimate of drug-likeness (QED) is 0.887. The molecule has 4 heteroatoms. The molecule has 0 spiro atoms. The Morgan fingerprint density at radius 2 is 2.28 bits per heavy atom. The molecule has 3 rings (SSSR count). The van der Waals surface area contributed by atoms with E-state index in [1.807, 2.05) is 12.5 Å². The van der Waals surface area contributed by atoms with Crippen LogP contribution in [0.5, 0.6) is 0 Å². The minimum absolute atomic E-state index is 0.594. The SMILES string of the molecule is c1cn(C2CCCC2NCC2CCCOC2)cn1. The van der Waals surface area contributed by atoms with Gasteiger partial charge in [-0.1, -0.05) is 0 Å². The van der Waals surface area contributed by atoms with E-state index in [9.17, 15) is 0 Å². The van der Waals surface area contributed by atoms with Crippen molar-refractivity contribution in [2.24, 2.45) is 5.92 Å². The number of nitrogens with zero attached hydrogens (tertiary/aromatic N) is 2. The van der Waals surface area contributed by atoms with E-state index in [0.717, 1.165) is 19.8 Å². The molecule has 1 aliphatic heterocycles. The summed E-state index contributed by atoms with van der Waals surface area (Å²) in [6.45, 7) is 3.00. The first-order valence-electron chi connectivity index (χ1n) is 7.22. The lowest BCUT2D eigenvalue weighted by atomic mass is 10.0. The predicted molar refractivity (Wildman–Crippen MR) is 70.4 cm³/mol. The second-order valence-electron chi connectivity index (χ2n) is 5.61. The molecule has 1 saturated heterocycles. The van der Waals surface area contributed by atoms with Crippen molar-refractivity contribution in [1.29, 1.82) is 0 Å². The third-order valence-electron chi connectivity index (χ3n) is 4.31. The van der Waals surface area contributed by atoms with Crippen LogP contribution >= 0.6 is 0 Å². The standard InChI is InChI=1S/C14H23N3O/c1-4-13(14(5-1)17-7-6-15-11-17)16-9-12-3-2-8-18-10-12/h6-7,11-14,16H,1-5,8-10H2. The highest BCUT2D eigenvalue weighted by atomic mass is 16.5. The molecule has 100 valence electrons. The van der Waals surface area contributed by atoms with Crippen LogP contribution in [-0.4, -0.2) is 35.4 Å². The van der Waals surface area contributed by atoms with Crippen molar-refractivity contribution in [1.82, 2.24) is 14.9 Å². The Morgan fingerprint density at radius 1 is 1.28 bits per heavy atom. The fourth-order valence-electron chi connectivity index (χ4n) is 3.29. The minimum Gasteiger partial charge on any atom is -0.381 e. The largest absolute Gasteiger partial charge is 0.381 e. The molecule has 0 aromatic carbocycles. The molecule has 2 aliphatic rings. The number of aromatic nitrogens is 2. The molecular weight excluding hydrogens is 226 g/mol. The molecule has 4 nitrogen and oxygen atoms in total. The van der Waals surface area contributed by atoms with Crippen molar-refractivity contribution in [2.45, 2.75) is 44.2 Å². The van der Waals surface area contributed by atoms with E-state index < -0.39 is 0 Å². The van der Waals surface area contributed by atoms with Crippen LogP contribution < -0.4 is 5.32 Å². The number of ether oxygens (including phenoxy) is 1. The predicted octanol–water partition coefficient (Wildman–Crippen LogP) is 1.99. The summed E-state index contributed by atoms with van der Waals surface area (Å²) in [6.07, 6.45) is 12.3. The zero-order chi connectivity index (χ0) is 12.2. The number of hydrogen-bond acceptors (Lipinski definition) is 3. The third kappa shape index (κ3) is 2.75. The number of rotatable bonds is 4. The Bertz CT molecular complexity index is 346. The maximum Gasteiger partial charge on any atom is 0.0949 e. The second kappa shape index (κ2) is 5.85. The van der Waals surface area contributed by atoms with Crippen molar-refractivity contribution in [3.63, 3.8) is 0 Å². The molecule has 1 aliphatic carbocycles. The van der Waals surface area contributed by atoms with Crippen LogP contribution in [-0.2, 0) is 4.74 Å². The average Bonchev–Trinajstić information content (AvgIpc) is 3.08. The Balaban J connectivity index is 1.52. The molecule has 1 N–H and O–H groups in total. The summed E-state index contributed by atoms with van der Waals surface area (Å²) in [7, 11) is 0. The highest BCUT2D eigenvalue weighted by Gasteiger charge is 2.28. The lowest BCUT2D eigenvalue weighted by molar-refractivity contribution is 0.0533. The van der Waals surface area contributed by atoms with Crippen molar-refractivity contribution >= 4 is 0 Å². The zero-order valence-electron chi connectivity index (χ0n) is 10.9. The van der Waals surface area contributed by atoms with E-state index in [0.29, 0.717) is 18.0 Å². The number of imidazole rings is 1. The van der Waals surface area contributed by atoms with E-state index in [1.165, 1.54) is 32.1 Å². The molecule has 0 amide bonds. The lowest BCUT2D eigenvalue weighted by Gasteiger charge is -2.27. The number of nitrogens with one attached hydrogen (secondary N) is 1. The monoisotopic (exact) mass is 249 g/mol. The third-order valence-corrected chi connectivity index (χ3v) is 4.31. The summed E-state index contributed by atoms with van der Waals surface area (Å²) < 4.78 is 7.81. The Kier molecular flexibility index (Phi) is 3.96. The van der Waals surface area contributed by atoms with Gasteiger partial charge in [-0.25, -0.2) is 4.98 Å². The first kappa shape index (κ1) is 12.2. The van der Waals surface area contributed by atoms with Crippen molar-refractivity contribution in [3.05, 3.63) is 18.7 Å². The molecular formula is C14H23N3O. The van der Waals surface area contributed by atoms with Crippen LogP contribution in [0.15, 0.2) is 18.7 Å². The van der Waals surface area contributed by atoms with Crippen LogP contribution in [0.1, 0.15) is 38.1 Å². The Morgan fingerprint density at radius 3 is 3.06 bits per heavy atom. The molecule has 18 heavy (non-hydrogen) atoms. The molecule has 1 saturated carbocycles. The summed E-state index contributed by atoms with van der Waals surface area (Å²) >= 11 is 0. The fourth-order valence-corrected chi connectivity index (χ4v) is 3.29. The Hall–Kier alpha value is -0.870. The maximum atomic E-state index is 5.54. The highest BCUT2D eigenvalue weighted by Crippen LogP contribution is 2.30. The van der Waals surface area contributed by atoms with Gasteiger partial charge in [-0.2, -0.15) is 0 Å². The van der Waals surface area contributed by atoms with Crippen molar-refractivity contribution < 1.29 is 4.74 Å². The van der Waals surface area contributed by atoms with E-state index in [2.05, 4.69) is 21.1 Å². The van der Waals surface area contributed by atoms with E-state index in [4.69, 9.17) is 4.74 Å². The molecule has 2 fully saturated rings. The molecule has 0 radical (unpaired) electrons. The minimum atomic E-state index is 0.594. The van der Waals surface area contributed by atoms with Gasteiger partial charge in [0.25, 0.3) is 0 Å². The average molecular weight is 249 g/mol. The van der Waals surface area contributed by atoms with Crippen molar-refractivity contribution in [2.75, 3.05) is 19.8 Å². The summed E-state index contributed by atoms with van der Waals surface area (Å²) in [5.41, 5.74) is 0. The van der Waals surface area contributed by atoms with Gasteiger partial charge in [-0.05, 0) is 38.0 Å². The van der Waals surface area contributed by atoms with Crippen molar-refractivity contribution in [3.8, 4) is 0 Å². The van der Waals surface area contributed by atoms with Crippen LogP contribution in [0.3, 0.4) is 0 Å². The van der Waals surface area contributed by atoms with Gasteiger partial charge in [0, 0.05) is 37.6 Å². The smallest absolute Gasteiger partial charge is 0.0949 e. The van der Waals surface area contributed by atoms with Gasteiger partial charge in [0.2, 0.25) is 0 Å². The van der Waals surface area contributed by atoms with Crippen LogP contribution in [0.25, 0.3) is 0 Å². The van der Waals surface area contributed by atoms with E-state index in [1.54, 1.807) is 0 Å². The summed E-state index contributed by atoms with van der Waals surface area (Å²) in [6, 6.07) is 1.21. The maximum absolute atomic E-state index is 5.54. The molecule has 1 aromatic rings. The summed E-state index contributed by atoms with van der Waals surface area (Å²) in [5, 5.41) is 3.76. The number of hydrogen-bond donors (Lipinski definition) is 1. The van der Waals surface area contributed by atoms with Gasteiger partial charge in [0.15, 0.2) is 0 Å². The topological polar surface area (TPSA) is 39.1 Å². The zero-order valence-corrected chi connectivity index (χ0v) is 10.9. The van der Waals surface area contributed by atoms with Gasteiger partial charge in [-0.15, -0.1) is 0 Å². The second-order valence-corrected chi connectivity index (χ2v) is 5.61. The van der Waals surface area contributed by atoms with Gasteiger partial charge in [0.1, 0.15) is 0 Å². The van der Waals surface area contributed by atoms with Crippen LogP contribution in [0, 0.1) is 5.92 Å². The van der Waals surface area contributed by atoms with E-state index in [-0.39, 0.29) is 0 Å². The van der Waals surface area contributed by atoms with Gasteiger partial charge in [0.05, 0.1) is 12.9 Å². The van der Waals surface area contributed by atoms with Gasteiger partial charge < -0.3 is 14.6 Å². The highest BCUT2D eigenvalue weighted by molar-refractivity contribution is 4.92. The normalized spacial score (nSPS) is 32.8. The molecule has 1 aromatic heterocycles. The first-order chi connectivity index (χ1) is 8.93. The first-order valence-corrected chi connectivity index (χ1v) is 7.22. The lowest BCUT2D eigenvalue weighted by Crippen LogP contribution is -2.38. The fraction of sp³-hybridized carbons (Fsp3) is 0.786. The molecule has 3 atom stereocenters.